The van der Waals surface area contributed by atoms with Gasteiger partial charge >= 0.3 is 0 Å². The van der Waals surface area contributed by atoms with Gasteiger partial charge in [0.15, 0.2) is 11.5 Å². The van der Waals surface area contributed by atoms with Crippen LogP contribution < -0.4 is 9.47 Å². The molecule has 0 aliphatic carbocycles. The number of hydrogen-bond donors (Lipinski definition) is 1. The Morgan fingerprint density at radius 2 is 1.67 bits per heavy atom. The molecule has 116 valence electrons. The van der Waals surface area contributed by atoms with Crippen molar-refractivity contribution in [1.82, 2.24) is 0 Å². The minimum Gasteiger partial charge on any atom is -0.490 e. The second-order valence-corrected chi connectivity index (χ2v) is 7.12. The number of fused-ring (bicyclic) bond motifs is 1. The molecular weight excluding hydrogens is 268 g/mol. The molecule has 0 aromatic heterocycles. The van der Waals surface area contributed by atoms with Crippen LogP contribution in [0.5, 0.6) is 11.5 Å². The molecule has 1 saturated heterocycles. The molecule has 1 N–H and O–H groups in total. The van der Waals surface area contributed by atoms with E-state index in [9.17, 15) is 5.11 Å². The van der Waals surface area contributed by atoms with Gasteiger partial charge in [-0.05, 0) is 45.4 Å². The van der Waals surface area contributed by atoms with Crippen molar-refractivity contribution in [3.05, 3.63) is 23.8 Å². The zero-order chi connectivity index (χ0) is 15.3. The highest BCUT2D eigenvalue weighted by Crippen LogP contribution is 2.51. The maximum atomic E-state index is 11.3. The smallest absolute Gasteiger partial charge is 0.161 e. The fourth-order valence-corrected chi connectivity index (χ4v) is 3.51. The first-order chi connectivity index (χ1) is 9.74. The maximum absolute atomic E-state index is 11.3. The summed E-state index contributed by atoms with van der Waals surface area (Å²) in [6.07, 6.45) is 1.42. The molecule has 1 unspecified atom stereocenters. The van der Waals surface area contributed by atoms with Gasteiger partial charge in [0.25, 0.3) is 0 Å². The highest BCUT2D eigenvalue weighted by molar-refractivity contribution is 5.46. The third kappa shape index (κ3) is 2.40. The van der Waals surface area contributed by atoms with Gasteiger partial charge in [0.2, 0.25) is 0 Å². The van der Waals surface area contributed by atoms with Gasteiger partial charge in [0.05, 0.1) is 24.4 Å². The third-order valence-electron chi connectivity index (χ3n) is 4.43. The van der Waals surface area contributed by atoms with E-state index in [1.54, 1.807) is 0 Å². The van der Waals surface area contributed by atoms with Crippen molar-refractivity contribution in [2.45, 2.75) is 57.3 Å². The summed E-state index contributed by atoms with van der Waals surface area (Å²) in [4.78, 5) is 0. The van der Waals surface area contributed by atoms with Gasteiger partial charge < -0.3 is 19.3 Å². The summed E-state index contributed by atoms with van der Waals surface area (Å²) < 4.78 is 17.4. The molecule has 1 aromatic rings. The Balaban J connectivity index is 2.02. The van der Waals surface area contributed by atoms with Crippen LogP contribution in [0.2, 0.25) is 0 Å². The average molecular weight is 292 g/mol. The predicted molar refractivity (Wildman–Crippen MR) is 79.8 cm³/mol. The molecule has 21 heavy (non-hydrogen) atoms. The van der Waals surface area contributed by atoms with Crippen molar-refractivity contribution in [3.8, 4) is 11.5 Å². The molecule has 0 bridgehead atoms. The molecule has 0 radical (unpaired) electrons. The fourth-order valence-electron chi connectivity index (χ4n) is 3.51. The van der Waals surface area contributed by atoms with Crippen molar-refractivity contribution in [3.63, 3.8) is 0 Å². The molecule has 0 amide bonds. The Hall–Kier alpha value is -1.26. The Labute approximate surface area is 126 Å². The second-order valence-electron chi connectivity index (χ2n) is 7.12. The molecule has 4 nitrogen and oxygen atoms in total. The lowest BCUT2D eigenvalue weighted by atomic mass is 9.77. The van der Waals surface area contributed by atoms with Crippen molar-refractivity contribution in [1.29, 1.82) is 0 Å². The van der Waals surface area contributed by atoms with Crippen LogP contribution in [0.25, 0.3) is 0 Å². The SMILES string of the molecule is CC1(C)CC(O)(c2ccc3c(c2)OCCCO3)C(C)(C)O1. The van der Waals surface area contributed by atoms with Gasteiger partial charge in [-0.1, -0.05) is 6.07 Å². The minimum atomic E-state index is -1.04. The number of aliphatic hydroxyl groups is 1. The zero-order valence-electron chi connectivity index (χ0n) is 13.2. The molecule has 1 aromatic carbocycles. The van der Waals surface area contributed by atoms with Gasteiger partial charge in [0.1, 0.15) is 5.60 Å². The molecule has 3 rings (SSSR count). The summed E-state index contributed by atoms with van der Waals surface area (Å²) in [5, 5.41) is 11.3. The Morgan fingerprint density at radius 1 is 1.00 bits per heavy atom. The molecule has 2 heterocycles. The second kappa shape index (κ2) is 4.62. The lowest BCUT2D eigenvalue weighted by molar-refractivity contribution is -0.129. The van der Waals surface area contributed by atoms with Crippen LogP contribution in [0.1, 0.15) is 46.1 Å². The van der Waals surface area contributed by atoms with E-state index in [1.807, 2.05) is 45.9 Å². The van der Waals surface area contributed by atoms with E-state index in [2.05, 4.69) is 0 Å². The quantitative estimate of drug-likeness (QED) is 0.864. The number of rotatable bonds is 1. The van der Waals surface area contributed by atoms with Crippen molar-refractivity contribution >= 4 is 0 Å². The van der Waals surface area contributed by atoms with E-state index >= 15 is 0 Å². The van der Waals surface area contributed by atoms with Gasteiger partial charge in [-0.2, -0.15) is 0 Å². The van der Waals surface area contributed by atoms with Gasteiger partial charge in [-0.25, -0.2) is 0 Å². The highest BCUT2D eigenvalue weighted by Gasteiger charge is 2.57. The summed E-state index contributed by atoms with van der Waals surface area (Å²) in [5.41, 5.74) is -1.23. The zero-order valence-corrected chi connectivity index (χ0v) is 13.2. The summed E-state index contributed by atoms with van der Waals surface area (Å²) >= 11 is 0. The molecule has 2 aliphatic rings. The Morgan fingerprint density at radius 3 is 2.29 bits per heavy atom. The monoisotopic (exact) mass is 292 g/mol. The number of hydrogen-bond acceptors (Lipinski definition) is 4. The van der Waals surface area contributed by atoms with E-state index in [-0.39, 0.29) is 5.60 Å². The molecular formula is C17H24O4. The van der Waals surface area contributed by atoms with Crippen LogP contribution in [0.4, 0.5) is 0 Å². The maximum Gasteiger partial charge on any atom is 0.161 e. The number of benzene rings is 1. The van der Waals surface area contributed by atoms with Crippen LogP contribution >= 0.6 is 0 Å². The first kappa shape index (κ1) is 14.7. The van der Waals surface area contributed by atoms with E-state index < -0.39 is 11.2 Å². The van der Waals surface area contributed by atoms with E-state index in [1.165, 1.54) is 0 Å². The summed E-state index contributed by atoms with van der Waals surface area (Å²) in [5.74, 6) is 1.45. The number of ether oxygens (including phenoxy) is 3. The van der Waals surface area contributed by atoms with E-state index in [0.29, 0.717) is 25.4 Å². The van der Waals surface area contributed by atoms with Crippen molar-refractivity contribution in [2.75, 3.05) is 13.2 Å². The molecule has 4 heteroatoms. The van der Waals surface area contributed by atoms with Crippen LogP contribution in [-0.2, 0) is 10.3 Å². The van der Waals surface area contributed by atoms with Gasteiger partial charge in [0, 0.05) is 12.8 Å². The first-order valence-corrected chi connectivity index (χ1v) is 7.56. The summed E-state index contributed by atoms with van der Waals surface area (Å²) in [6.45, 7) is 9.19. The fraction of sp³-hybridized carbons (Fsp3) is 0.647. The standard InChI is InChI=1S/C17H24O4/c1-15(2)11-17(18,16(3,4)21-15)12-6-7-13-14(10-12)20-9-5-8-19-13/h6-7,10,18H,5,8-9,11H2,1-4H3. The molecule has 2 aliphatic heterocycles. The summed E-state index contributed by atoms with van der Waals surface area (Å²) in [7, 11) is 0. The lowest BCUT2D eigenvalue weighted by Gasteiger charge is -2.35. The van der Waals surface area contributed by atoms with E-state index in [4.69, 9.17) is 14.2 Å². The van der Waals surface area contributed by atoms with Crippen LogP contribution in [-0.4, -0.2) is 29.5 Å². The molecule has 0 spiro atoms. The molecule has 1 atom stereocenters. The topological polar surface area (TPSA) is 47.9 Å². The lowest BCUT2D eigenvalue weighted by Crippen LogP contribution is -2.43. The molecule has 1 fully saturated rings. The highest BCUT2D eigenvalue weighted by atomic mass is 16.6. The van der Waals surface area contributed by atoms with Crippen LogP contribution in [0.3, 0.4) is 0 Å². The first-order valence-electron chi connectivity index (χ1n) is 7.56. The largest absolute Gasteiger partial charge is 0.490 e. The van der Waals surface area contributed by atoms with Crippen molar-refractivity contribution < 1.29 is 19.3 Å². The van der Waals surface area contributed by atoms with Gasteiger partial charge in [-0.15, -0.1) is 0 Å². The Kier molecular flexibility index (Phi) is 3.22. The average Bonchev–Trinajstić information content (AvgIpc) is 2.55. The normalized spacial score (nSPS) is 30.0. The molecule has 0 saturated carbocycles. The minimum absolute atomic E-state index is 0.359. The van der Waals surface area contributed by atoms with Crippen LogP contribution in [0, 0.1) is 0 Å². The van der Waals surface area contributed by atoms with Crippen molar-refractivity contribution in [2.24, 2.45) is 0 Å². The third-order valence-corrected chi connectivity index (χ3v) is 4.43. The summed E-state index contributed by atoms with van der Waals surface area (Å²) in [6, 6.07) is 5.70. The van der Waals surface area contributed by atoms with E-state index in [0.717, 1.165) is 17.7 Å². The predicted octanol–water partition coefficient (Wildman–Crippen LogP) is 3.01. The van der Waals surface area contributed by atoms with Gasteiger partial charge in [-0.3, -0.25) is 0 Å². The van der Waals surface area contributed by atoms with Crippen LogP contribution in [0.15, 0.2) is 18.2 Å². The Bertz CT molecular complexity index is 550.